The van der Waals surface area contributed by atoms with Crippen molar-refractivity contribution < 1.29 is 14.3 Å². The molecule has 1 amide bonds. The smallest absolute Gasteiger partial charge is 0.262 e. The first kappa shape index (κ1) is 21.8. The highest BCUT2D eigenvalue weighted by atomic mass is 35.5. The lowest BCUT2D eigenvalue weighted by Gasteiger charge is -2.22. The lowest BCUT2D eigenvalue weighted by atomic mass is 10.1. The van der Waals surface area contributed by atoms with E-state index in [0.717, 1.165) is 46.5 Å². The first-order valence-corrected chi connectivity index (χ1v) is 11.9. The Kier molecular flexibility index (Phi) is 6.58. The molecule has 2 aromatic carbocycles. The molecule has 0 atom stereocenters. The number of ether oxygens (including phenoxy) is 1. The van der Waals surface area contributed by atoms with Gasteiger partial charge in [-0.1, -0.05) is 11.6 Å². The zero-order valence-corrected chi connectivity index (χ0v) is 19.2. The third kappa shape index (κ3) is 4.60. The second-order valence-electron chi connectivity index (χ2n) is 7.73. The van der Waals surface area contributed by atoms with Gasteiger partial charge in [-0.05, 0) is 79.3 Å². The van der Waals surface area contributed by atoms with Crippen molar-refractivity contribution in [1.82, 2.24) is 9.88 Å². The normalized spacial score (nSPS) is 14.5. The maximum Gasteiger partial charge on any atom is 0.262 e. The molecule has 2 heterocycles. The van der Waals surface area contributed by atoms with Crippen LogP contribution in [0.2, 0.25) is 5.02 Å². The fourth-order valence-corrected chi connectivity index (χ4v) is 5.31. The van der Waals surface area contributed by atoms with Gasteiger partial charge in [0.25, 0.3) is 5.91 Å². The van der Waals surface area contributed by atoms with Crippen LogP contribution in [0.1, 0.15) is 34.5 Å². The summed E-state index contributed by atoms with van der Waals surface area (Å²) < 4.78 is 7.08. The summed E-state index contributed by atoms with van der Waals surface area (Å²) in [5, 5.41) is 4.60. The Morgan fingerprint density at radius 2 is 1.87 bits per heavy atom. The maximum absolute atomic E-state index is 13.3. The molecule has 1 aromatic heterocycles. The minimum Gasteiger partial charge on any atom is -0.497 e. The minimum absolute atomic E-state index is 0.0131. The number of carbonyl (C=O) groups is 2. The zero-order valence-electron chi connectivity index (χ0n) is 17.6. The van der Waals surface area contributed by atoms with Crippen LogP contribution in [0.25, 0.3) is 10.9 Å². The van der Waals surface area contributed by atoms with Crippen LogP contribution in [0, 0.1) is 6.92 Å². The standard InChI is InChI=1S/C24H25ClN2O3S/c1-15-20(14-23(28)26-18-9-11-31-12-10-18)21-13-19(30-2)7-8-22(21)27(15)24(29)16-3-5-17(25)6-4-16/h3-8,13,18H,9-12,14H2,1-2H3,(H,26,28). The molecule has 1 saturated heterocycles. The third-order valence-corrected chi connectivity index (χ3v) is 7.06. The summed E-state index contributed by atoms with van der Waals surface area (Å²) in [5.41, 5.74) is 2.91. The summed E-state index contributed by atoms with van der Waals surface area (Å²) in [5.74, 6) is 2.68. The maximum atomic E-state index is 13.3. The monoisotopic (exact) mass is 456 g/mol. The van der Waals surface area contributed by atoms with Gasteiger partial charge in [0.15, 0.2) is 0 Å². The Balaban J connectivity index is 1.72. The Bertz CT molecular complexity index is 1120. The van der Waals surface area contributed by atoms with E-state index in [2.05, 4.69) is 5.32 Å². The zero-order chi connectivity index (χ0) is 22.0. The fraction of sp³-hybridized carbons (Fsp3) is 0.333. The number of rotatable bonds is 5. The van der Waals surface area contributed by atoms with Gasteiger partial charge in [0.1, 0.15) is 5.75 Å². The van der Waals surface area contributed by atoms with Gasteiger partial charge < -0.3 is 10.1 Å². The highest BCUT2D eigenvalue weighted by molar-refractivity contribution is 7.99. The van der Waals surface area contributed by atoms with Gasteiger partial charge in [0.05, 0.1) is 19.0 Å². The minimum atomic E-state index is -0.153. The molecule has 4 rings (SSSR count). The summed E-state index contributed by atoms with van der Waals surface area (Å²) >= 11 is 7.91. The molecule has 1 fully saturated rings. The number of nitrogens with one attached hydrogen (secondary N) is 1. The van der Waals surface area contributed by atoms with E-state index >= 15 is 0 Å². The van der Waals surface area contributed by atoms with E-state index in [1.54, 1.807) is 35.9 Å². The summed E-state index contributed by atoms with van der Waals surface area (Å²) in [7, 11) is 1.61. The molecule has 1 aliphatic heterocycles. The molecule has 0 aliphatic carbocycles. The van der Waals surface area contributed by atoms with Gasteiger partial charge in [-0.2, -0.15) is 11.8 Å². The van der Waals surface area contributed by atoms with Crippen molar-refractivity contribution in [3.05, 3.63) is 64.3 Å². The number of aromatic nitrogens is 1. The van der Waals surface area contributed by atoms with Crippen LogP contribution in [-0.2, 0) is 11.2 Å². The van der Waals surface area contributed by atoms with Crippen molar-refractivity contribution in [3.8, 4) is 5.75 Å². The Hall–Kier alpha value is -2.44. The van der Waals surface area contributed by atoms with E-state index < -0.39 is 0 Å². The van der Waals surface area contributed by atoms with E-state index in [9.17, 15) is 9.59 Å². The predicted molar refractivity (Wildman–Crippen MR) is 127 cm³/mol. The van der Waals surface area contributed by atoms with Crippen LogP contribution in [0.5, 0.6) is 5.75 Å². The van der Waals surface area contributed by atoms with Crippen LogP contribution >= 0.6 is 23.4 Å². The summed E-state index contributed by atoms with van der Waals surface area (Å²) in [6, 6.07) is 12.7. The third-order valence-electron chi connectivity index (χ3n) is 5.76. The summed E-state index contributed by atoms with van der Waals surface area (Å²) in [6.45, 7) is 1.89. The van der Waals surface area contributed by atoms with Gasteiger partial charge in [-0.15, -0.1) is 0 Å². The molecule has 7 heteroatoms. The number of fused-ring (bicyclic) bond motifs is 1. The quantitative estimate of drug-likeness (QED) is 0.596. The average molecular weight is 457 g/mol. The van der Waals surface area contributed by atoms with Gasteiger partial charge in [0.2, 0.25) is 5.91 Å². The van der Waals surface area contributed by atoms with E-state index in [1.165, 1.54) is 0 Å². The van der Waals surface area contributed by atoms with Crippen molar-refractivity contribution in [2.45, 2.75) is 32.2 Å². The number of carbonyl (C=O) groups excluding carboxylic acids is 2. The largest absolute Gasteiger partial charge is 0.497 e. The fourth-order valence-electron chi connectivity index (χ4n) is 4.08. The number of methoxy groups -OCH3 is 1. The Labute approximate surface area is 191 Å². The Morgan fingerprint density at radius 3 is 2.55 bits per heavy atom. The van der Waals surface area contributed by atoms with Crippen molar-refractivity contribution in [2.24, 2.45) is 0 Å². The molecule has 31 heavy (non-hydrogen) atoms. The SMILES string of the molecule is COc1ccc2c(c1)c(CC(=O)NC1CCSCC1)c(C)n2C(=O)c1ccc(Cl)cc1. The first-order chi connectivity index (χ1) is 15.0. The second kappa shape index (κ2) is 9.37. The molecular weight excluding hydrogens is 432 g/mol. The highest BCUT2D eigenvalue weighted by Crippen LogP contribution is 2.31. The number of benzene rings is 2. The predicted octanol–water partition coefficient (Wildman–Crippen LogP) is 4.85. The van der Waals surface area contributed by atoms with E-state index in [4.69, 9.17) is 16.3 Å². The molecular formula is C24H25ClN2O3S. The number of hydrogen-bond acceptors (Lipinski definition) is 4. The van der Waals surface area contributed by atoms with Crippen LogP contribution < -0.4 is 10.1 Å². The van der Waals surface area contributed by atoms with Gasteiger partial charge in [-0.25, -0.2) is 0 Å². The molecule has 0 spiro atoms. The van der Waals surface area contributed by atoms with Crippen molar-refractivity contribution in [1.29, 1.82) is 0 Å². The second-order valence-corrected chi connectivity index (χ2v) is 9.39. The van der Waals surface area contributed by atoms with Crippen LogP contribution in [-0.4, -0.2) is 41.0 Å². The summed E-state index contributed by atoms with van der Waals surface area (Å²) in [4.78, 5) is 26.2. The molecule has 1 aliphatic rings. The number of amides is 1. The van der Waals surface area contributed by atoms with Gasteiger partial charge in [0, 0.05) is 27.7 Å². The lowest BCUT2D eigenvalue weighted by molar-refractivity contribution is -0.121. The van der Waals surface area contributed by atoms with Crippen molar-refractivity contribution >= 4 is 46.1 Å². The van der Waals surface area contributed by atoms with Crippen molar-refractivity contribution in [3.63, 3.8) is 0 Å². The Morgan fingerprint density at radius 1 is 1.16 bits per heavy atom. The van der Waals surface area contributed by atoms with Gasteiger partial charge in [-0.3, -0.25) is 14.2 Å². The van der Waals surface area contributed by atoms with E-state index in [1.807, 2.05) is 36.9 Å². The van der Waals surface area contributed by atoms with Crippen LogP contribution in [0.15, 0.2) is 42.5 Å². The molecule has 0 unspecified atom stereocenters. The molecule has 0 saturated carbocycles. The first-order valence-electron chi connectivity index (χ1n) is 10.3. The average Bonchev–Trinajstić information content (AvgIpc) is 3.05. The molecule has 1 N–H and O–H groups in total. The molecule has 0 radical (unpaired) electrons. The highest BCUT2D eigenvalue weighted by Gasteiger charge is 2.23. The number of halogens is 1. The van der Waals surface area contributed by atoms with Gasteiger partial charge >= 0.3 is 0 Å². The molecule has 162 valence electrons. The lowest BCUT2D eigenvalue weighted by Crippen LogP contribution is -2.38. The van der Waals surface area contributed by atoms with E-state index in [-0.39, 0.29) is 24.3 Å². The number of thioether (sulfide) groups is 1. The number of hydrogen-bond donors (Lipinski definition) is 1. The van der Waals surface area contributed by atoms with Crippen LogP contribution in [0.4, 0.5) is 0 Å². The molecule has 0 bridgehead atoms. The van der Waals surface area contributed by atoms with Crippen molar-refractivity contribution in [2.75, 3.05) is 18.6 Å². The summed E-state index contributed by atoms with van der Waals surface area (Å²) in [6.07, 6.45) is 2.22. The van der Waals surface area contributed by atoms with Crippen LogP contribution in [0.3, 0.4) is 0 Å². The van der Waals surface area contributed by atoms with E-state index in [0.29, 0.717) is 16.3 Å². The topological polar surface area (TPSA) is 60.3 Å². The number of nitrogens with zero attached hydrogens (tertiary/aromatic N) is 1. The molecule has 3 aromatic rings. The molecule has 5 nitrogen and oxygen atoms in total.